The summed E-state index contributed by atoms with van der Waals surface area (Å²) in [6.07, 6.45) is 3.18. The van der Waals surface area contributed by atoms with Gasteiger partial charge in [-0.25, -0.2) is 0 Å². The molecule has 1 aromatic carbocycles. The molecule has 6 nitrogen and oxygen atoms in total. The molecule has 0 radical (unpaired) electrons. The summed E-state index contributed by atoms with van der Waals surface area (Å²) in [6.45, 7) is 3.47. The maximum atomic E-state index is 12.3. The second-order valence-corrected chi connectivity index (χ2v) is 7.12. The van der Waals surface area contributed by atoms with Crippen molar-refractivity contribution in [2.24, 2.45) is 0 Å². The molecule has 2 aromatic rings. The summed E-state index contributed by atoms with van der Waals surface area (Å²) in [4.78, 5) is 28.2. The van der Waals surface area contributed by atoms with Crippen LogP contribution in [0.5, 0.6) is 0 Å². The van der Waals surface area contributed by atoms with Gasteiger partial charge >= 0.3 is 0 Å². The van der Waals surface area contributed by atoms with Gasteiger partial charge < -0.3 is 14.6 Å². The maximum Gasteiger partial charge on any atom is 0.246 e. The van der Waals surface area contributed by atoms with Crippen LogP contribution in [0.15, 0.2) is 57.6 Å². The van der Waals surface area contributed by atoms with E-state index in [1.165, 1.54) is 6.08 Å². The van der Waals surface area contributed by atoms with Gasteiger partial charge in [-0.1, -0.05) is 30.3 Å². The summed E-state index contributed by atoms with van der Waals surface area (Å²) in [5, 5.41) is 2.93. The Morgan fingerprint density at radius 1 is 1.07 bits per heavy atom. The molecule has 2 heterocycles. The number of rotatable bonds is 6. The quantitative estimate of drug-likeness (QED) is 0.713. The predicted octanol–water partition coefficient (Wildman–Crippen LogP) is 2.52. The highest BCUT2D eigenvalue weighted by Gasteiger charge is 2.21. The van der Waals surface area contributed by atoms with E-state index in [1.54, 1.807) is 23.1 Å². The first-order valence-electron chi connectivity index (χ1n) is 8.85. The molecule has 3 rings (SSSR count). The lowest BCUT2D eigenvalue weighted by atomic mass is 10.2. The molecule has 7 heteroatoms. The Morgan fingerprint density at radius 3 is 2.48 bits per heavy atom. The summed E-state index contributed by atoms with van der Waals surface area (Å²) in [7, 11) is 0. The van der Waals surface area contributed by atoms with Crippen molar-refractivity contribution in [1.82, 2.24) is 15.1 Å². The van der Waals surface area contributed by atoms with E-state index in [-0.39, 0.29) is 11.8 Å². The Kier molecular flexibility index (Phi) is 6.84. The maximum absolute atomic E-state index is 12.3. The highest BCUT2D eigenvalue weighted by molar-refractivity contribution is 9.10. The van der Waals surface area contributed by atoms with E-state index in [0.29, 0.717) is 49.7 Å². The second kappa shape index (κ2) is 9.53. The number of benzene rings is 1. The van der Waals surface area contributed by atoms with Crippen LogP contribution < -0.4 is 5.32 Å². The molecular weight excluding hydrogens is 410 g/mol. The predicted molar refractivity (Wildman–Crippen MR) is 107 cm³/mol. The fourth-order valence-electron chi connectivity index (χ4n) is 2.86. The summed E-state index contributed by atoms with van der Waals surface area (Å²) in [5.41, 5.74) is 1.08. The normalized spacial score (nSPS) is 15.2. The van der Waals surface area contributed by atoms with Crippen molar-refractivity contribution < 1.29 is 14.0 Å². The van der Waals surface area contributed by atoms with Crippen molar-refractivity contribution >= 4 is 33.8 Å². The van der Waals surface area contributed by atoms with Gasteiger partial charge in [0.05, 0.1) is 6.54 Å². The molecule has 1 fully saturated rings. The molecule has 0 spiro atoms. The average molecular weight is 432 g/mol. The lowest BCUT2D eigenvalue weighted by Crippen LogP contribution is -2.50. The first kappa shape index (κ1) is 19.4. The number of hydrogen-bond acceptors (Lipinski definition) is 4. The Morgan fingerprint density at radius 2 is 1.81 bits per heavy atom. The third-order valence-electron chi connectivity index (χ3n) is 4.37. The van der Waals surface area contributed by atoms with Crippen LogP contribution in [-0.4, -0.2) is 54.3 Å². The van der Waals surface area contributed by atoms with E-state index in [4.69, 9.17) is 4.42 Å². The standard InChI is InChI=1S/C20H22BrN3O3/c21-18-8-6-17(27-18)7-9-20(26)24-12-10-23(11-13-24)15-19(25)22-14-16-4-2-1-3-5-16/h1-9H,10-15H2,(H,22,25). The van der Waals surface area contributed by atoms with Gasteiger partial charge in [-0.15, -0.1) is 0 Å². The van der Waals surface area contributed by atoms with Crippen LogP contribution in [-0.2, 0) is 16.1 Å². The molecule has 0 bridgehead atoms. The van der Waals surface area contributed by atoms with Crippen molar-refractivity contribution in [2.75, 3.05) is 32.7 Å². The van der Waals surface area contributed by atoms with Gasteiger partial charge in [0, 0.05) is 38.8 Å². The van der Waals surface area contributed by atoms with Gasteiger partial charge in [-0.3, -0.25) is 14.5 Å². The topological polar surface area (TPSA) is 65.8 Å². The van der Waals surface area contributed by atoms with Crippen molar-refractivity contribution in [3.8, 4) is 0 Å². The van der Waals surface area contributed by atoms with Crippen LogP contribution in [0.2, 0.25) is 0 Å². The SMILES string of the molecule is O=C(CN1CCN(C(=O)C=Cc2ccc(Br)o2)CC1)NCc1ccccc1. The van der Waals surface area contributed by atoms with Gasteiger partial charge in [0.2, 0.25) is 11.8 Å². The molecule has 1 N–H and O–H groups in total. The van der Waals surface area contributed by atoms with E-state index in [9.17, 15) is 9.59 Å². The zero-order valence-corrected chi connectivity index (χ0v) is 16.5. The Hall–Kier alpha value is -2.38. The average Bonchev–Trinajstić information content (AvgIpc) is 3.11. The minimum Gasteiger partial charge on any atom is -0.450 e. The highest BCUT2D eigenvalue weighted by Crippen LogP contribution is 2.15. The Bertz CT molecular complexity index is 796. The summed E-state index contributed by atoms with van der Waals surface area (Å²) >= 11 is 3.23. The van der Waals surface area contributed by atoms with Gasteiger partial charge in [0.15, 0.2) is 4.67 Å². The molecule has 0 aliphatic carbocycles. The number of furan rings is 1. The zero-order valence-electron chi connectivity index (χ0n) is 14.9. The fraction of sp³-hybridized carbons (Fsp3) is 0.300. The van der Waals surface area contributed by atoms with Crippen LogP contribution in [0.1, 0.15) is 11.3 Å². The van der Waals surface area contributed by atoms with E-state index < -0.39 is 0 Å². The molecule has 1 saturated heterocycles. The molecule has 0 unspecified atom stereocenters. The molecule has 27 heavy (non-hydrogen) atoms. The van der Waals surface area contributed by atoms with Crippen LogP contribution in [0.4, 0.5) is 0 Å². The number of amides is 2. The van der Waals surface area contributed by atoms with Crippen LogP contribution in [0.3, 0.4) is 0 Å². The van der Waals surface area contributed by atoms with Crippen molar-refractivity contribution in [1.29, 1.82) is 0 Å². The molecule has 1 aliphatic rings. The van der Waals surface area contributed by atoms with E-state index in [1.807, 2.05) is 30.3 Å². The molecule has 142 valence electrons. The van der Waals surface area contributed by atoms with Crippen LogP contribution in [0.25, 0.3) is 6.08 Å². The number of carbonyl (C=O) groups excluding carboxylic acids is 2. The molecule has 2 amide bonds. The largest absolute Gasteiger partial charge is 0.450 e. The Balaban J connectivity index is 1.38. The molecule has 0 atom stereocenters. The van der Waals surface area contributed by atoms with Crippen molar-refractivity contribution in [3.63, 3.8) is 0 Å². The number of halogens is 1. The summed E-state index contributed by atoms with van der Waals surface area (Å²) in [5.74, 6) is 0.585. The summed E-state index contributed by atoms with van der Waals surface area (Å²) < 4.78 is 5.98. The first-order chi connectivity index (χ1) is 13.1. The Labute approximate surface area is 166 Å². The smallest absolute Gasteiger partial charge is 0.246 e. The number of hydrogen-bond donors (Lipinski definition) is 1. The fourth-order valence-corrected chi connectivity index (χ4v) is 3.18. The number of nitrogens with zero attached hydrogens (tertiary/aromatic N) is 2. The number of nitrogens with one attached hydrogen (secondary N) is 1. The number of carbonyl (C=O) groups is 2. The van der Waals surface area contributed by atoms with Crippen LogP contribution in [0, 0.1) is 0 Å². The monoisotopic (exact) mass is 431 g/mol. The van der Waals surface area contributed by atoms with E-state index in [0.717, 1.165) is 5.56 Å². The molecule has 1 aliphatic heterocycles. The summed E-state index contributed by atoms with van der Waals surface area (Å²) in [6, 6.07) is 13.4. The van der Waals surface area contributed by atoms with Gasteiger partial charge in [-0.2, -0.15) is 0 Å². The van der Waals surface area contributed by atoms with Crippen molar-refractivity contribution in [2.45, 2.75) is 6.54 Å². The first-order valence-corrected chi connectivity index (χ1v) is 9.65. The third kappa shape index (κ3) is 6.08. The minimum absolute atomic E-state index is 0.00178. The lowest BCUT2D eigenvalue weighted by molar-refractivity contribution is -0.128. The minimum atomic E-state index is -0.0456. The van der Waals surface area contributed by atoms with Gasteiger partial charge in [0.25, 0.3) is 0 Å². The third-order valence-corrected chi connectivity index (χ3v) is 4.79. The van der Waals surface area contributed by atoms with E-state index in [2.05, 4.69) is 26.1 Å². The highest BCUT2D eigenvalue weighted by atomic mass is 79.9. The lowest BCUT2D eigenvalue weighted by Gasteiger charge is -2.33. The molecule has 0 saturated carbocycles. The molecule has 1 aromatic heterocycles. The van der Waals surface area contributed by atoms with Crippen LogP contribution >= 0.6 is 15.9 Å². The number of piperazine rings is 1. The van der Waals surface area contributed by atoms with E-state index >= 15 is 0 Å². The molecular formula is C20H22BrN3O3. The second-order valence-electron chi connectivity index (χ2n) is 6.34. The zero-order chi connectivity index (χ0) is 19.1. The van der Waals surface area contributed by atoms with Gasteiger partial charge in [0.1, 0.15) is 5.76 Å². The van der Waals surface area contributed by atoms with Crippen molar-refractivity contribution in [3.05, 3.63) is 64.5 Å². The van der Waals surface area contributed by atoms with Gasteiger partial charge in [-0.05, 0) is 39.7 Å².